The number of hydrogen-bond acceptors (Lipinski definition) is 4. The standard InChI is InChI=1S/C21H18N4OS/c1-13-24-21(26)19-17(25(13)12-14-6-3-2-4-7-14)10-18(27-19)16-11-23-20-15(16)8-5-9-22-20/h2-11,13H,12H2,1H3,(H,22,23)(H,24,26). The van der Waals surface area contributed by atoms with Gasteiger partial charge in [-0.2, -0.15) is 0 Å². The normalized spacial score (nSPS) is 16.4. The van der Waals surface area contributed by atoms with Crippen molar-refractivity contribution < 1.29 is 4.79 Å². The zero-order chi connectivity index (χ0) is 18.4. The molecule has 4 heterocycles. The van der Waals surface area contributed by atoms with Gasteiger partial charge in [-0.1, -0.05) is 30.3 Å². The van der Waals surface area contributed by atoms with Crippen molar-refractivity contribution in [3.63, 3.8) is 0 Å². The van der Waals surface area contributed by atoms with E-state index in [1.165, 1.54) is 16.9 Å². The van der Waals surface area contributed by atoms with E-state index in [2.05, 4.69) is 44.5 Å². The van der Waals surface area contributed by atoms with E-state index >= 15 is 0 Å². The quantitative estimate of drug-likeness (QED) is 0.559. The molecule has 4 aromatic rings. The van der Waals surface area contributed by atoms with Crippen LogP contribution in [0.1, 0.15) is 22.2 Å². The first-order valence-corrected chi connectivity index (χ1v) is 9.70. The summed E-state index contributed by atoms with van der Waals surface area (Å²) in [6.07, 6.45) is 3.69. The topological polar surface area (TPSA) is 61.0 Å². The van der Waals surface area contributed by atoms with Crippen molar-refractivity contribution in [3.8, 4) is 10.4 Å². The molecule has 0 aliphatic carbocycles. The Kier molecular flexibility index (Phi) is 3.72. The lowest BCUT2D eigenvalue weighted by Crippen LogP contribution is -2.50. The molecule has 5 nitrogen and oxygen atoms in total. The summed E-state index contributed by atoms with van der Waals surface area (Å²) in [5.74, 6) is -0.00368. The first-order chi connectivity index (χ1) is 13.2. The van der Waals surface area contributed by atoms with Crippen molar-refractivity contribution in [1.82, 2.24) is 15.3 Å². The van der Waals surface area contributed by atoms with Gasteiger partial charge in [0.25, 0.3) is 5.91 Å². The van der Waals surface area contributed by atoms with E-state index < -0.39 is 0 Å². The minimum atomic E-state index is -0.0581. The molecule has 5 rings (SSSR count). The number of amides is 1. The monoisotopic (exact) mass is 374 g/mol. The van der Waals surface area contributed by atoms with Crippen LogP contribution in [0.2, 0.25) is 0 Å². The maximum atomic E-state index is 12.6. The number of pyridine rings is 1. The number of carbonyl (C=O) groups excluding carboxylic acids is 1. The maximum Gasteiger partial charge on any atom is 0.265 e. The van der Waals surface area contributed by atoms with Gasteiger partial charge < -0.3 is 15.2 Å². The SMILES string of the molecule is CC1NC(=O)c2sc(-c3c[nH]c4ncccc34)cc2N1Cc1ccccc1. The molecule has 0 bridgehead atoms. The van der Waals surface area contributed by atoms with Gasteiger partial charge in [-0.25, -0.2) is 4.98 Å². The molecule has 0 saturated carbocycles. The molecule has 0 radical (unpaired) electrons. The Bertz CT molecular complexity index is 1130. The summed E-state index contributed by atoms with van der Waals surface area (Å²) in [5, 5.41) is 4.15. The molecular weight excluding hydrogens is 356 g/mol. The summed E-state index contributed by atoms with van der Waals surface area (Å²) < 4.78 is 0. The summed E-state index contributed by atoms with van der Waals surface area (Å²) in [4.78, 5) is 24.3. The lowest BCUT2D eigenvalue weighted by Gasteiger charge is -2.35. The smallest absolute Gasteiger partial charge is 0.265 e. The number of thiophene rings is 1. The average molecular weight is 374 g/mol. The van der Waals surface area contributed by atoms with Gasteiger partial charge in [0.2, 0.25) is 0 Å². The minimum absolute atomic E-state index is 0.00368. The first kappa shape index (κ1) is 16.1. The predicted molar refractivity (Wildman–Crippen MR) is 109 cm³/mol. The van der Waals surface area contributed by atoms with Gasteiger partial charge in [-0.15, -0.1) is 11.3 Å². The van der Waals surface area contributed by atoms with E-state index in [4.69, 9.17) is 0 Å². The Morgan fingerprint density at radius 1 is 1.19 bits per heavy atom. The van der Waals surface area contributed by atoms with Crippen molar-refractivity contribution >= 4 is 34.0 Å². The molecule has 2 N–H and O–H groups in total. The van der Waals surface area contributed by atoms with E-state index in [1.807, 2.05) is 37.4 Å². The average Bonchev–Trinajstić information content (AvgIpc) is 3.30. The highest BCUT2D eigenvalue weighted by atomic mass is 32.1. The fraction of sp³-hybridized carbons (Fsp3) is 0.143. The summed E-state index contributed by atoms with van der Waals surface area (Å²) in [7, 11) is 0. The molecule has 134 valence electrons. The highest BCUT2D eigenvalue weighted by Crippen LogP contribution is 2.41. The van der Waals surface area contributed by atoms with Gasteiger partial charge in [0.15, 0.2) is 0 Å². The number of fused-ring (bicyclic) bond motifs is 2. The van der Waals surface area contributed by atoms with E-state index in [0.29, 0.717) is 0 Å². The third kappa shape index (κ3) is 2.69. The number of H-pyrrole nitrogens is 1. The van der Waals surface area contributed by atoms with Crippen molar-refractivity contribution in [2.45, 2.75) is 19.6 Å². The highest BCUT2D eigenvalue weighted by molar-refractivity contribution is 7.18. The van der Waals surface area contributed by atoms with Crippen molar-refractivity contribution in [3.05, 3.63) is 71.4 Å². The van der Waals surface area contributed by atoms with Crippen LogP contribution in [-0.2, 0) is 6.54 Å². The Balaban J connectivity index is 1.59. The molecule has 1 aliphatic heterocycles. The molecular formula is C21H18N4OS. The minimum Gasteiger partial charge on any atom is -0.346 e. The number of nitrogens with one attached hydrogen (secondary N) is 2. The van der Waals surface area contributed by atoms with Gasteiger partial charge in [-0.3, -0.25) is 4.79 Å². The van der Waals surface area contributed by atoms with Crippen LogP contribution in [0.4, 0.5) is 5.69 Å². The largest absolute Gasteiger partial charge is 0.346 e. The molecule has 1 aromatic carbocycles. The molecule has 0 saturated heterocycles. The molecule has 6 heteroatoms. The molecule has 1 amide bonds. The second-order valence-electron chi connectivity index (χ2n) is 6.69. The summed E-state index contributed by atoms with van der Waals surface area (Å²) in [6.45, 7) is 2.78. The molecule has 1 atom stereocenters. The Hall–Kier alpha value is -3.12. The fourth-order valence-corrected chi connectivity index (χ4v) is 4.70. The van der Waals surface area contributed by atoms with Crippen LogP contribution in [0.3, 0.4) is 0 Å². The molecule has 3 aromatic heterocycles. The summed E-state index contributed by atoms with van der Waals surface area (Å²) >= 11 is 1.53. The van der Waals surface area contributed by atoms with Crippen molar-refractivity contribution in [2.75, 3.05) is 4.90 Å². The van der Waals surface area contributed by atoms with Crippen molar-refractivity contribution in [1.29, 1.82) is 0 Å². The summed E-state index contributed by atoms with van der Waals surface area (Å²) in [6, 6.07) is 16.4. The van der Waals surface area contributed by atoms with E-state index in [0.717, 1.165) is 38.6 Å². The zero-order valence-electron chi connectivity index (χ0n) is 14.8. The summed E-state index contributed by atoms with van der Waals surface area (Å²) in [5.41, 5.74) is 4.15. The maximum absolute atomic E-state index is 12.6. The number of benzene rings is 1. The van der Waals surface area contributed by atoms with E-state index in [-0.39, 0.29) is 12.1 Å². The van der Waals surface area contributed by atoms with Gasteiger partial charge in [-0.05, 0) is 30.7 Å². The number of carbonyl (C=O) groups is 1. The zero-order valence-corrected chi connectivity index (χ0v) is 15.6. The van der Waals surface area contributed by atoms with E-state index in [9.17, 15) is 4.79 Å². The van der Waals surface area contributed by atoms with E-state index in [1.54, 1.807) is 6.20 Å². The highest BCUT2D eigenvalue weighted by Gasteiger charge is 2.31. The van der Waals surface area contributed by atoms with Gasteiger partial charge >= 0.3 is 0 Å². The van der Waals surface area contributed by atoms with Crippen LogP contribution < -0.4 is 10.2 Å². The number of aromatic nitrogens is 2. The molecule has 0 fully saturated rings. The number of hydrogen-bond donors (Lipinski definition) is 2. The molecule has 27 heavy (non-hydrogen) atoms. The lowest BCUT2D eigenvalue weighted by atomic mass is 10.1. The van der Waals surface area contributed by atoms with Gasteiger partial charge in [0, 0.05) is 34.8 Å². The Morgan fingerprint density at radius 2 is 2.04 bits per heavy atom. The number of rotatable bonds is 3. The van der Waals surface area contributed by atoms with Crippen LogP contribution in [0.5, 0.6) is 0 Å². The van der Waals surface area contributed by atoms with Crippen LogP contribution in [-0.4, -0.2) is 22.0 Å². The van der Waals surface area contributed by atoms with Gasteiger partial charge in [0.05, 0.1) is 11.9 Å². The Labute approximate surface area is 160 Å². The second-order valence-corrected chi connectivity index (χ2v) is 7.74. The third-order valence-corrected chi connectivity index (χ3v) is 6.10. The second kappa shape index (κ2) is 6.25. The third-order valence-electron chi connectivity index (χ3n) is 4.95. The molecule has 0 spiro atoms. The van der Waals surface area contributed by atoms with Crippen molar-refractivity contribution in [2.24, 2.45) is 0 Å². The van der Waals surface area contributed by atoms with Gasteiger partial charge in [0.1, 0.15) is 10.5 Å². The van der Waals surface area contributed by atoms with Crippen LogP contribution in [0.25, 0.3) is 21.5 Å². The Morgan fingerprint density at radius 3 is 2.89 bits per heavy atom. The molecule has 1 unspecified atom stereocenters. The van der Waals surface area contributed by atoms with Crippen LogP contribution in [0, 0.1) is 0 Å². The molecule has 1 aliphatic rings. The predicted octanol–water partition coefficient (Wildman–Crippen LogP) is 4.39. The number of nitrogens with zero attached hydrogens (tertiary/aromatic N) is 2. The van der Waals surface area contributed by atoms with Crippen LogP contribution in [0.15, 0.2) is 60.9 Å². The first-order valence-electron chi connectivity index (χ1n) is 8.88. The van der Waals surface area contributed by atoms with Crippen LogP contribution >= 0.6 is 11.3 Å². The number of anilines is 1. The fourth-order valence-electron chi connectivity index (χ4n) is 3.59. The number of aromatic amines is 1. The lowest BCUT2D eigenvalue weighted by molar-refractivity contribution is 0.0935.